The number of anilines is 1. The summed E-state index contributed by atoms with van der Waals surface area (Å²) in [5.41, 5.74) is 1.79. The second-order valence-electron chi connectivity index (χ2n) is 4.54. The van der Waals surface area contributed by atoms with E-state index in [9.17, 15) is 13.5 Å². The van der Waals surface area contributed by atoms with Crippen molar-refractivity contribution in [2.75, 3.05) is 4.72 Å². The van der Waals surface area contributed by atoms with Gasteiger partial charge in [-0.2, -0.15) is 0 Å². The average molecular weight is 356 g/mol. The number of halogens is 1. The van der Waals surface area contributed by atoms with Crippen LogP contribution in [0, 0.1) is 13.8 Å². The molecule has 6 heteroatoms. The first kappa shape index (κ1) is 14.9. The van der Waals surface area contributed by atoms with Gasteiger partial charge in [0.1, 0.15) is 5.75 Å². The van der Waals surface area contributed by atoms with E-state index in [2.05, 4.69) is 20.7 Å². The molecule has 2 aromatic rings. The minimum Gasteiger partial charge on any atom is -0.506 e. The molecule has 0 aromatic heterocycles. The summed E-state index contributed by atoms with van der Waals surface area (Å²) in [6.45, 7) is 3.64. The van der Waals surface area contributed by atoms with Crippen molar-refractivity contribution in [3.05, 3.63) is 52.0 Å². The van der Waals surface area contributed by atoms with Gasteiger partial charge in [0.05, 0.1) is 10.6 Å². The first-order chi connectivity index (χ1) is 9.29. The van der Waals surface area contributed by atoms with Crippen LogP contribution in [0.2, 0.25) is 0 Å². The van der Waals surface area contributed by atoms with Crippen molar-refractivity contribution >= 4 is 31.6 Å². The van der Waals surface area contributed by atoms with E-state index in [1.807, 2.05) is 6.92 Å². The fraction of sp³-hybridized carbons (Fsp3) is 0.143. The second-order valence-corrected chi connectivity index (χ2v) is 7.10. The van der Waals surface area contributed by atoms with Crippen LogP contribution in [0.3, 0.4) is 0 Å². The van der Waals surface area contributed by atoms with Gasteiger partial charge in [-0.05, 0) is 43.7 Å². The predicted octanol–water partition coefficient (Wildman–Crippen LogP) is 3.57. The predicted molar refractivity (Wildman–Crippen MR) is 82.5 cm³/mol. The van der Waals surface area contributed by atoms with Crippen LogP contribution < -0.4 is 4.72 Å². The summed E-state index contributed by atoms with van der Waals surface area (Å²) in [6.07, 6.45) is 0. The number of rotatable bonds is 3. The van der Waals surface area contributed by atoms with Gasteiger partial charge in [0.15, 0.2) is 0 Å². The molecule has 0 atom stereocenters. The van der Waals surface area contributed by atoms with Gasteiger partial charge >= 0.3 is 0 Å². The number of nitrogens with one attached hydrogen (secondary N) is 1. The highest BCUT2D eigenvalue weighted by Gasteiger charge is 2.18. The first-order valence-corrected chi connectivity index (χ1v) is 8.16. The van der Waals surface area contributed by atoms with Crippen LogP contribution in [0.4, 0.5) is 5.69 Å². The molecule has 2 N–H and O–H groups in total. The van der Waals surface area contributed by atoms with Crippen molar-refractivity contribution in [3.63, 3.8) is 0 Å². The largest absolute Gasteiger partial charge is 0.506 e. The minimum atomic E-state index is -3.73. The van der Waals surface area contributed by atoms with E-state index >= 15 is 0 Å². The first-order valence-electron chi connectivity index (χ1n) is 5.88. The molecular weight excluding hydrogens is 342 g/mol. The topological polar surface area (TPSA) is 66.4 Å². The van der Waals surface area contributed by atoms with Crippen molar-refractivity contribution in [1.29, 1.82) is 0 Å². The molecule has 0 aliphatic carbocycles. The molecule has 0 heterocycles. The number of hydrogen-bond donors (Lipinski definition) is 2. The van der Waals surface area contributed by atoms with Crippen LogP contribution in [0.25, 0.3) is 0 Å². The summed E-state index contributed by atoms with van der Waals surface area (Å²) in [5.74, 6) is -0.124. The molecule has 0 fully saturated rings. The van der Waals surface area contributed by atoms with E-state index in [0.717, 1.165) is 5.56 Å². The third-order valence-corrected chi connectivity index (χ3v) is 4.84. The van der Waals surface area contributed by atoms with E-state index < -0.39 is 10.0 Å². The summed E-state index contributed by atoms with van der Waals surface area (Å²) in [5, 5.41) is 9.71. The monoisotopic (exact) mass is 355 g/mol. The third-order valence-electron chi connectivity index (χ3n) is 2.82. The van der Waals surface area contributed by atoms with Gasteiger partial charge in [0, 0.05) is 4.47 Å². The Morgan fingerprint density at radius 3 is 2.45 bits per heavy atom. The van der Waals surface area contributed by atoms with Crippen LogP contribution >= 0.6 is 15.9 Å². The Hall–Kier alpha value is -1.53. The molecule has 4 nitrogen and oxygen atoms in total. The molecule has 0 radical (unpaired) electrons. The Balaban J connectivity index is 2.43. The highest BCUT2D eigenvalue weighted by Crippen LogP contribution is 2.29. The highest BCUT2D eigenvalue weighted by atomic mass is 79.9. The van der Waals surface area contributed by atoms with Gasteiger partial charge < -0.3 is 5.11 Å². The fourth-order valence-electron chi connectivity index (χ4n) is 1.89. The number of sulfonamides is 1. The Labute approximate surface area is 126 Å². The number of phenolic OH excluding ortho intramolecular Hbond substituents is 1. The lowest BCUT2D eigenvalue weighted by atomic mass is 10.2. The van der Waals surface area contributed by atoms with Crippen LogP contribution in [0.5, 0.6) is 5.75 Å². The smallest absolute Gasteiger partial charge is 0.262 e. The standard InChI is InChI=1S/C14H14BrNO3S/c1-9-3-6-14(10(2)7-9)20(18,19)16-12-8-11(15)4-5-13(12)17/h3-8,16-17H,1-2H3. The zero-order valence-electron chi connectivity index (χ0n) is 11.0. The maximum absolute atomic E-state index is 12.4. The van der Waals surface area contributed by atoms with Crippen molar-refractivity contribution in [2.24, 2.45) is 0 Å². The lowest BCUT2D eigenvalue weighted by Gasteiger charge is -2.12. The number of benzene rings is 2. The van der Waals surface area contributed by atoms with Gasteiger partial charge in [-0.15, -0.1) is 0 Å². The van der Waals surface area contributed by atoms with Crippen LogP contribution in [-0.2, 0) is 10.0 Å². The maximum Gasteiger partial charge on any atom is 0.262 e. The lowest BCUT2D eigenvalue weighted by Crippen LogP contribution is -2.14. The fourth-order valence-corrected chi connectivity index (χ4v) is 3.54. The van der Waals surface area contributed by atoms with E-state index in [1.165, 1.54) is 12.1 Å². The summed E-state index contributed by atoms with van der Waals surface area (Å²) in [4.78, 5) is 0.197. The normalized spacial score (nSPS) is 11.3. The molecule has 0 unspecified atom stereocenters. The molecule has 0 saturated heterocycles. The minimum absolute atomic E-state index is 0.124. The van der Waals surface area contributed by atoms with Gasteiger partial charge in [0.25, 0.3) is 10.0 Å². The summed E-state index contributed by atoms with van der Waals surface area (Å²) in [7, 11) is -3.73. The number of aryl methyl sites for hydroxylation is 2. The molecule has 0 amide bonds. The third kappa shape index (κ3) is 3.13. The molecular formula is C14H14BrNO3S. The van der Waals surface area contributed by atoms with Crippen molar-refractivity contribution in [3.8, 4) is 5.75 Å². The molecule has 0 spiro atoms. The molecule has 0 aliphatic heterocycles. The average Bonchev–Trinajstić information content (AvgIpc) is 2.33. The van der Waals surface area contributed by atoms with Gasteiger partial charge in [-0.3, -0.25) is 4.72 Å². The Morgan fingerprint density at radius 1 is 1.10 bits per heavy atom. The maximum atomic E-state index is 12.4. The van der Waals surface area contributed by atoms with Gasteiger partial charge in [0.2, 0.25) is 0 Å². The highest BCUT2D eigenvalue weighted by molar-refractivity contribution is 9.10. The molecule has 2 aromatic carbocycles. The van der Waals surface area contributed by atoms with E-state index in [0.29, 0.717) is 10.0 Å². The molecule has 0 saturated carbocycles. The van der Waals surface area contributed by atoms with E-state index in [1.54, 1.807) is 31.2 Å². The van der Waals surface area contributed by atoms with Gasteiger partial charge in [-0.1, -0.05) is 33.6 Å². The SMILES string of the molecule is Cc1ccc(S(=O)(=O)Nc2cc(Br)ccc2O)c(C)c1. The van der Waals surface area contributed by atoms with E-state index in [4.69, 9.17) is 0 Å². The van der Waals surface area contributed by atoms with Gasteiger partial charge in [-0.25, -0.2) is 8.42 Å². The van der Waals surface area contributed by atoms with Crippen molar-refractivity contribution in [1.82, 2.24) is 0 Å². The zero-order chi connectivity index (χ0) is 14.9. The van der Waals surface area contributed by atoms with Crippen LogP contribution in [0.15, 0.2) is 45.8 Å². The Kier molecular flexibility index (Phi) is 4.06. The Bertz CT molecular complexity index is 757. The number of aromatic hydroxyl groups is 1. The van der Waals surface area contributed by atoms with E-state index in [-0.39, 0.29) is 16.3 Å². The van der Waals surface area contributed by atoms with Crippen molar-refractivity contribution in [2.45, 2.75) is 18.7 Å². The van der Waals surface area contributed by atoms with Crippen LogP contribution in [0.1, 0.15) is 11.1 Å². The second kappa shape index (κ2) is 5.46. The molecule has 2 rings (SSSR count). The summed E-state index contributed by atoms with van der Waals surface area (Å²) >= 11 is 3.24. The Morgan fingerprint density at radius 2 is 1.80 bits per heavy atom. The molecule has 0 bridgehead atoms. The molecule has 20 heavy (non-hydrogen) atoms. The summed E-state index contributed by atoms with van der Waals surface area (Å²) in [6, 6.07) is 9.66. The number of phenols is 1. The lowest BCUT2D eigenvalue weighted by molar-refractivity contribution is 0.477. The van der Waals surface area contributed by atoms with Crippen molar-refractivity contribution < 1.29 is 13.5 Å². The molecule has 0 aliphatic rings. The zero-order valence-corrected chi connectivity index (χ0v) is 13.4. The quantitative estimate of drug-likeness (QED) is 0.827. The van der Waals surface area contributed by atoms with Crippen LogP contribution in [-0.4, -0.2) is 13.5 Å². The number of hydrogen-bond acceptors (Lipinski definition) is 3. The molecule has 106 valence electrons. The summed E-state index contributed by atoms with van der Waals surface area (Å²) < 4.78 is 27.8.